The minimum absolute atomic E-state index is 0.00955. The van der Waals surface area contributed by atoms with E-state index < -0.39 is 5.82 Å². The molecule has 1 heterocycles. The van der Waals surface area contributed by atoms with Crippen LogP contribution >= 0.6 is 0 Å². The molecule has 0 atom stereocenters. The highest BCUT2D eigenvalue weighted by Crippen LogP contribution is 2.17. The van der Waals surface area contributed by atoms with Crippen LogP contribution in [0, 0.1) is 5.82 Å². The minimum atomic E-state index is -0.471. The Morgan fingerprint density at radius 1 is 1.33 bits per heavy atom. The topological polar surface area (TPSA) is 59.0 Å². The van der Waals surface area contributed by atoms with Crippen molar-refractivity contribution >= 4 is 5.91 Å². The molecule has 0 aliphatic carbocycles. The van der Waals surface area contributed by atoms with E-state index >= 15 is 0 Å². The molecular formula is C15H20FNO4. The lowest BCUT2D eigenvalue weighted by Crippen LogP contribution is -2.43. The van der Waals surface area contributed by atoms with Gasteiger partial charge in [0.1, 0.15) is 0 Å². The summed E-state index contributed by atoms with van der Waals surface area (Å²) in [7, 11) is 0. The van der Waals surface area contributed by atoms with E-state index in [4.69, 9.17) is 14.6 Å². The van der Waals surface area contributed by atoms with Gasteiger partial charge in [0.15, 0.2) is 18.2 Å². The maximum Gasteiger partial charge on any atom is 0.260 e. The maximum absolute atomic E-state index is 13.4. The SMILES string of the molecule is O=C(COc1ccccc1F)N1CCC(OCCO)CC1. The van der Waals surface area contributed by atoms with Crippen molar-refractivity contribution in [1.82, 2.24) is 4.90 Å². The van der Waals surface area contributed by atoms with Crippen molar-refractivity contribution in [2.45, 2.75) is 18.9 Å². The number of benzene rings is 1. The fourth-order valence-electron chi connectivity index (χ4n) is 2.28. The lowest BCUT2D eigenvalue weighted by molar-refractivity contribution is -0.136. The molecule has 21 heavy (non-hydrogen) atoms. The minimum Gasteiger partial charge on any atom is -0.481 e. The van der Waals surface area contributed by atoms with Gasteiger partial charge in [-0.05, 0) is 25.0 Å². The van der Waals surface area contributed by atoms with Crippen molar-refractivity contribution in [3.05, 3.63) is 30.1 Å². The molecule has 0 unspecified atom stereocenters. The van der Waals surface area contributed by atoms with Gasteiger partial charge in [0.2, 0.25) is 0 Å². The number of carbonyl (C=O) groups excluding carboxylic acids is 1. The molecule has 1 aliphatic rings. The molecular weight excluding hydrogens is 277 g/mol. The summed E-state index contributed by atoms with van der Waals surface area (Å²) in [6.45, 7) is 1.36. The van der Waals surface area contributed by atoms with Crippen molar-refractivity contribution < 1.29 is 23.8 Å². The summed E-state index contributed by atoms with van der Waals surface area (Å²) in [6, 6.07) is 6.02. The number of hydrogen-bond donors (Lipinski definition) is 1. The normalized spacial score (nSPS) is 16.0. The first-order chi connectivity index (χ1) is 10.2. The summed E-state index contributed by atoms with van der Waals surface area (Å²) in [6.07, 6.45) is 1.57. The predicted octanol–water partition coefficient (Wildman–Crippen LogP) is 1.20. The highest BCUT2D eigenvalue weighted by atomic mass is 19.1. The molecule has 0 spiro atoms. The average molecular weight is 297 g/mol. The lowest BCUT2D eigenvalue weighted by atomic mass is 10.1. The van der Waals surface area contributed by atoms with Crippen LogP contribution in [0.15, 0.2) is 24.3 Å². The second kappa shape index (κ2) is 7.95. The van der Waals surface area contributed by atoms with Gasteiger partial charge in [0, 0.05) is 13.1 Å². The number of halogens is 1. The second-order valence-corrected chi connectivity index (χ2v) is 4.89. The molecule has 1 N–H and O–H groups in total. The number of amides is 1. The average Bonchev–Trinajstić information content (AvgIpc) is 2.52. The number of likely N-dealkylation sites (tertiary alicyclic amines) is 1. The Morgan fingerprint density at radius 2 is 2.05 bits per heavy atom. The van der Waals surface area contributed by atoms with Gasteiger partial charge in [0.05, 0.1) is 19.3 Å². The van der Waals surface area contributed by atoms with E-state index in [9.17, 15) is 9.18 Å². The maximum atomic E-state index is 13.4. The number of rotatable bonds is 6. The third kappa shape index (κ3) is 4.68. The number of ether oxygens (including phenoxy) is 2. The first kappa shape index (κ1) is 15.7. The van der Waals surface area contributed by atoms with Gasteiger partial charge in [-0.15, -0.1) is 0 Å². The third-order valence-corrected chi connectivity index (χ3v) is 3.43. The summed E-state index contributed by atoms with van der Waals surface area (Å²) >= 11 is 0. The van der Waals surface area contributed by atoms with E-state index in [1.54, 1.807) is 17.0 Å². The van der Waals surface area contributed by atoms with Gasteiger partial charge in [-0.3, -0.25) is 4.79 Å². The molecule has 0 bridgehead atoms. The van der Waals surface area contributed by atoms with Crippen LogP contribution in [0.1, 0.15) is 12.8 Å². The van der Waals surface area contributed by atoms with Gasteiger partial charge < -0.3 is 19.5 Å². The molecule has 1 amide bonds. The number of piperidine rings is 1. The molecule has 0 aromatic heterocycles. The van der Waals surface area contributed by atoms with E-state index in [0.717, 1.165) is 12.8 Å². The predicted molar refractivity (Wildman–Crippen MR) is 74.5 cm³/mol. The van der Waals surface area contributed by atoms with Crippen LogP contribution in [0.4, 0.5) is 4.39 Å². The first-order valence-corrected chi connectivity index (χ1v) is 7.08. The lowest BCUT2D eigenvalue weighted by Gasteiger charge is -2.31. The first-order valence-electron chi connectivity index (χ1n) is 7.08. The van der Waals surface area contributed by atoms with Gasteiger partial charge in [-0.2, -0.15) is 0 Å². The Morgan fingerprint density at radius 3 is 2.71 bits per heavy atom. The van der Waals surface area contributed by atoms with Gasteiger partial charge in [-0.1, -0.05) is 12.1 Å². The summed E-state index contributed by atoms with van der Waals surface area (Å²) < 4.78 is 24.0. The fraction of sp³-hybridized carbons (Fsp3) is 0.533. The van der Waals surface area contributed by atoms with E-state index in [-0.39, 0.29) is 31.0 Å². The van der Waals surface area contributed by atoms with Gasteiger partial charge in [0.25, 0.3) is 5.91 Å². The molecule has 0 saturated carbocycles. The zero-order valence-electron chi connectivity index (χ0n) is 11.8. The summed E-state index contributed by atoms with van der Waals surface area (Å²) in [5.74, 6) is -0.535. The van der Waals surface area contributed by atoms with Crippen molar-refractivity contribution in [3.63, 3.8) is 0 Å². The van der Waals surface area contributed by atoms with Crippen molar-refractivity contribution in [2.24, 2.45) is 0 Å². The van der Waals surface area contributed by atoms with Gasteiger partial charge >= 0.3 is 0 Å². The zero-order chi connectivity index (χ0) is 15.1. The second-order valence-electron chi connectivity index (χ2n) is 4.89. The van der Waals surface area contributed by atoms with Crippen LogP contribution in [0.5, 0.6) is 5.75 Å². The molecule has 1 saturated heterocycles. The summed E-state index contributed by atoms with van der Waals surface area (Å²) in [4.78, 5) is 13.7. The molecule has 0 radical (unpaired) electrons. The van der Waals surface area contributed by atoms with Crippen LogP contribution in [-0.4, -0.2) is 54.9 Å². The molecule has 5 nitrogen and oxygen atoms in total. The monoisotopic (exact) mass is 297 g/mol. The Bertz CT molecular complexity index is 461. The number of carbonyl (C=O) groups is 1. The van der Waals surface area contributed by atoms with E-state index in [2.05, 4.69) is 0 Å². The smallest absolute Gasteiger partial charge is 0.260 e. The molecule has 1 aromatic carbocycles. The van der Waals surface area contributed by atoms with E-state index in [1.807, 2.05) is 0 Å². The summed E-state index contributed by atoms with van der Waals surface area (Å²) in [5, 5.41) is 8.70. The van der Waals surface area contributed by atoms with Crippen molar-refractivity contribution in [2.75, 3.05) is 32.9 Å². The highest BCUT2D eigenvalue weighted by molar-refractivity contribution is 5.77. The van der Waals surface area contributed by atoms with Crippen LogP contribution in [-0.2, 0) is 9.53 Å². The van der Waals surface area contributed by atoms with Crippen LogP contribution < -0.4 is 4.74 Å². The summed E-state index contributed by atoms with van der Waals surface area (Å²) in [5.41, 5.74) is 0. The fourth-order valence-corrected chi connectivity index (χ4v) is 2.28. The number of para-hydroxylation sites is 1. The number of aliphatic hydroxyl groups excluding tert-OH is 1. The van der Waals surface area contributed by atoms with Crippen molar-refractivity contribution in [3.8, 4) is 5.75 Å². The largest absolute Gasteiger partial charge is 0.481 e. The molecule has 1 aliphatic heterocycles. The molecule has 6 heteroatoms. The molecule has 116 valence electrons. The number of aliphatic hydroxyl groups is 1. The van der Waals surface area contributed by atoms with Crippen molar-refractivity contribution in [1.29, 1.82) is 0 Å². The Kier molecular flexibility index (Phi) is 5.95. The quantitative estimate of drug-likeness (QED) is 0.857. The Hall–Kier alpha value is -1.66. The highest BCUT2D eigenvalue weighted by Gasteiger charge is 2.23. The Balaban J connectivity index is 1.74. The van der Waals surface area contributed by atoms with Gasteiger partial charge in [-0.25, -0.2) is 4.39 Å². The van der Waals surface area contributed by atoms with E-state index in [0.29, 0.717) is 19.7 Å². The van der Waals surface area contributed by atoms with E-state index in [1.165, 1.54) is 12.1 Å². The molecule has 2 rings (SSSR count). The van der Waals surface area contributed by atoms with Crippen LogP contribution in [0.25, 0.3) is 0 Å². The Labute approximate surface area is 123 Å². The van der Waals surface area contributed by atoms with Crippen LogP contribution in [0.2, 0.25) is 0 Å². The standard InChI is InChI=1S/C15H20FNO4/c16-13-3-1-2-4-14(13)21-11-15(19)17-7-5-12(6-8-17)20-10-9-18/h1-4,12,18H,5-11H2. The molecule has 1 fully saturated rings. The zero-order valence-corrected chi connectivity index (χ0v) is 11.8. The number of hydrogen-bond acceptors (Lipinski definition) is 4. The third-order valence-electron chi connectivity index (χ3n) is 3.43. The number of nitrogens with zero attached hydrogens (tertiary/aromatic N) is 1. The van der Waals surface area contributed by atoms with Crippen LogP contribution in [0.3, 0.4) is 0 Å². The molecule has 1 aromatic rings.